The van der Waals surface area contributed by atoms with E-state index in [9.17, 15) is 0 Å². The van der Waals surface area contributed by atoms with Gasteiger partial charge in [0.1, 0.15) is 0 Å². The molecule has 0 aliphatic carbocycles. The van der Waals surface area contributed by atoms with Gasteiger partial charge in [0, 0.05) is 44.6 Å². The zero-order chi connectivity index (χ0) is 14.5. The third-order valence-corrected chi connectivity index (χ3v) is 4.22. The van der Waals surface area contributed by atoms with Gasteiger partial charge in [-0.05, 0) is 50.4 Å². The van der Waals surface area contributed by atoms with E-state index in [2.05, 4.69) is 61.3 Å². The number of nitrogens with one attached hydrogen (secondary N) is 1. The summed E-state index contributed by atoms with van der Waals surface area (Å²) in [4.78, 5) is 4.73. The van der Waals surface area contributed by atoms with Gasteiger partial charge in [0.25, 0.3) is 0 Å². The van der Waals surface area contributed by atoms with E-state index in [4.69, 9.17) is 0 Å². The number of anilines is 2. The smallest absolute Gasteiger partial charge is 0.0411 e. The maximum Gasteiger partial charge on any atom is 0.0411 e. The maximum absolute atomic E-state index is 3.65. The molecule has 3 heteroatoms. The van der Waals surface area contributed by atoms with Crippen LogP contribution in [-0.2, 0) is 0 Å². The largest absolute Gasteiger partial charge is 0.377 e. The topological polar surface area (TPSA) is 18.5 Å². The van der Waals surface area contributed by atoms with Gasteiger partial charge in [0.15, 0.2) is 0 Å². The summed E-state index contributed by atoms with van der Waals surface area (Å²) >= 11 is 0. The van der Waals surface area contributed by atoms with Crippen molar-refractivity contribution in [2.45, 2.75) is 39.2 Å². The van der Waals surface area contributed by atoms with E-state index in [0.29, 0.717) is 6.04 Å². The van der Waals surface area contributed by atoms with Crippen LogP contribution in [0.15, 0.2) is 18.2 Å². The highest BCUT2D eigenvalue weighted by Crippen LogP contribution is 2.27. The van der Waals surface area contributed by atoms with E-state index in [1.54, 1.807) is 0 Å². The Morgan fingerprint density at radius 1 is 1.25 bits per heavy atom. The molecule has 0 atom stereocenters. The Labute approximate surface area is 124 Å². The molecular formula is C17H29N3. The standard InChI is InChI=1S/C17H29N3/c1-5-10-18-15-8-11-20(12-9-15)16-7-6-14(2)17(13-16)19(3)4/h6-7,13,15,18H,5,8-12H2,1-4H3. The van der Waals surface area contributed by atoms with Crippen molar-refractivity contribution in [2.75, 3.05) is 43.5 Å². The molecule has 1 fully saturated rings. The second kappa shape index (κ2) is 6.98. The Kier molecular flexibility index (Phi) is 5.30. The Hall–Kier alpha value is -1.22. The SMILES string of the molecule is CCCNC1CCN(c2ccc(C)c(N(C)C)c2)CC1. The molecule has 0 saturated carbocycles. The van der Waals surface area contributed by atoms with Crippen molar-refractivity contribution in [2.24, 2.45) is 0 Å². The van der Waals surface area contributed by atoms with Gasteiger partial charge in [-0.15, -0.1) is 0 Å². The normalized spacial score (nSPS) is 16.5. The minimum Gasteiger partial charge on any atom is -0.377 e. The highest BCUT2D eigenvalue weighted by molar-refractivity contribution is 5.63. The van der Waals surface area contributed by atoms with Gasteiger partial charge in [0.2, 0.25) is 0 Å². The first-order valence-electron chi connectivity index (χ1n) is 7.88. The van der Waals surface area contributed by atoms with Gasteiger partial charge in [-0.1, -0.05) is 13.0 Å². The van der Waals surface area contributed by atoms with Gasteiger partial charge in [-0.3, -0.25) is 0 Å². The van der Waals surface area contributed by atoms with Crippen LogP contribution in [0.25, 0.3) is 0 Å². The molecule has 1 aliphatic rings. The van der Waals surface area contributed by atoms with E-state index in [1.807, 2.05) is 0 Å². The van der Waals surface area contributed by atoms with Crippen molar-refractivity contribution >= 4 is 11.4 Å². The van der Waals surface area contributed by atoms with Crippen molar-refractivity contribution in [3.8, 4) is 0 Å². The molecule has 20 heavy (non-hydrogen) atoms. The summed E-state index contributed by atoms with van der Waals surface area (Å²) in [5, 5.41) is 3.65. The van der Waals surface area contributed by atoms with Gasteiger partial charge in [-0.25, -0.2) is 0 Å². The Bertz CT molecular complexity index is 420. The van der Waals surface area contributed by atoms with Crippen LogP contribution < -0.4 is 15.1 Å². The average molecular weight is 275 g/mol. The van der Waals surface area contributed by atoms with Crippen LogP contribution in [0.1, 0.15) is 31.7 Å². The molecule has 1 aromatic carbocycles. The van der Waals surface area contributed by atoms with Crippen molar-refractivity contribution < 1.29 is 0 Å². The van der Waals surface area contributed by atoms with Crippen LogP contribution in [-0.4, -0.2) is 39.8 Å². The molecule has 1 saturated heterocycles. The van der Waals surface area contributed by atoms with Crippen LogP contribution in [0.4, 0.5) is 11.4 Å². The summed E-state index contributed by atoms with van der Waals surface area (Å²) in [6, 6.07) is 7.55. The van der Waals surface area contributed by atoms with E-state index in [-0.39, 0.29) is 0 Å². The fourth-order valence-electron chi connectivity index (χ4n) is 2.97. The van der Waals surface area contributed by atoms with Gasteiger partial charge in [0.05, 0.1) is 0 Å². The monoisotopic (exact) mass is 275 g/mol. The van der Waals surface area contributed by atoms with Crippen LogP contribution in [0, 0.1) is 6.92 Å². The highest BCUT2D eigenvalue weighted by atomic mass is 15.2. The molecule has 0 amide bonds. The number of rotatable bonds is 5. The molecule has 112 valence electrons. The van der Waals surface area contributed by atoms with Crippen LogP contribution in [0.3, 0.4) is 0 Å². The van der Waals surface area contributed by atoms with E-state index < -0.39 is 0 Å². The third kappa shape index (κ3) is 3.66. The van der Waals surface area contributed by atoms with E-state index in [0.717, 1.165) is 19.6 Å². The minimum atomic E-state index is 0.713. The van der Waals surface area contributed by atoms with Crippen molar-refractivity contribution in [3.05, 3.63) is 23.8 Å². The predicted molar refractivity (Wildman–Crippen MR) is 89.0 cm³/mol. The summed E-state index contributed by atoms with van der Waals surface area (Å²) in [6.45, 7) is 7.89. The van der Waals surface area contributed by atoms with Gasteiger partial charge < -0.3 is 15.1 Å². The second-order valence-corrected chi connectivity index (χ2v) is 6.08. The summed E-state index contributed by atoms with van der Waals surface area (Å²) < 4.78 is 0. The molecule has 2 rings (SSSR count). The number of hydrogen-bond donors (Lipinski definition) is 1. The zero-order valence-corrected chi connectivity index (χ0v) is 13.4. The first kappa shape index (κ1) is 15.2. The van der Waals surface area contributed by atoms with Crippen LogP contribution in [0.5, 0.6) is 0 Å². The molecule has 0 unspecified atom stereocenters. The molecule has 0 radical (unpaired) electrons. The highest BCUT2D eigenvalue weighted by Gasteiger charge is 2.19. The Morgan fingerprint density at radius 2 is 1.95 bits per heavy atom. The first-order valence-corrected chi connectivity index (χ1v) is 7.88. The van der Waals surface area contributed by atoms with E-state index in [1.165, 1.54) is 36.2 Å². The number of hydrogen-bond acceptors (Lipinski definition) is 3. The van der Waals surface area contributed by atoms with Crippen LogP contribution in [0.2, 0.25) is 0 Å². The van der Waals surface area contributed by atoms with Gasteiger partial charge >= 0.3 is 0 Å². The molecule has 1 N–H and O–H groups in total. The van der Waals surface area contributed by atoms with Crippen molar-refractivity contribution in [3.63, 3.8) is 0 Å². The number of piperidine rings is 1. The fraction of sp³-hybridized carbons (Fsp3) is 0.647. The third-order valence-electron chi connectivity index (χ3n) is 4.22. The predicted octanol–water partition coefficient (Wildman–Crippen LogP) is 3.03. The maximum atomic E-state index is 3.65. The first-order chi connectivity index (χ1) is 9.61. The lowest BCUT2D eigenvalue weighted by atomic mass is 10.0. The zero-order valence-electron chi connectivity index (χ0n) is 13.4. The minimum absolute atomic E-state index is 0.713. The summed E-state index contributed by atoms with van der Waals surface area (Å²) in [7, 11) is 4.24. The quantitative estimate of drug-likeness (QED) is 0.891. The Balaban J connectivity index is 1.98. The lowest BCUT2D eigenvalue weighted by Crippen LogP contribution is -2.42. The lowest BCUT2D eigenvalue weighted by molar-refractivity contribution is 0.416. The summed E-state index contributed by atoms with van der Waals surface area (Å²) in [5.41, 5.74) is 4.04. The van der Waals surface area contributed by atoms with Crippen LogP contribution >= 0.6 is 0 Å². The number of nitrogens with zero attached hydrogens (tertiary/aromatic N) is 2. The molecule has 0 aromatic heterocycles. The summed E-state index contributed by atoms with van der Waals surface area (Å²) in [6.07, 6.45) is 3.74. The average Bonchev–Trinajstić information content (AvgIpc) is 2.46. The molecule has 0 spiro atoms. The van der Waals surface area contributed by atoms with Gasteiger partial charge in [-0.2, -0.15) is 0 Å². The second-order valence-electron chi connectivity index (χ2n) is 6.08. The van der Waals surface area contributed by atoms with E-state index >= 15 is 0 Å². The fourth-order valence-corrected chi connectivity index (χ4v) is 2.97. The number of benzene rings is 1. The molecule has 1 heterocycles. The van der Waals surface area contributed by atoms with Crippen molar-refractivity contribution in [1.82, 2.24) is 5.32 Å². The molecule has 0 bridgehead atoms. The molecule has 3 nitrogen and oxygen atoms in total. The molecule has 1 aromatic rings. The Morgan fingerprint density at radius 3 is 2.55 bits per heavy atom. The number of aryl methyl sites for hydroxylation is 1. The molecule has 1 aliphatic heterocycles. The van der Waals surface area contributed by atoms with Crippen molar-refractivity contribution in [1.29, 1.82) is 0 Å². The molecular weight excluding hydrogens is 246 g/mol. The summed E-state index contributed by atoms with van der Waals surface area (Å²) in [5.74, 6) is 0. The lowest BCUT2D eigenvalue weighted by Gasteiger charge is -2.34.